The first kappa shape index (κ1) is 17.5. The zero-order valence-corrected chi connectivity index (χ0v) is 13.2. The lowest BCUT2D eigenvalue weighted by Crippen LogP contribution is -2.11. The Morgan fingerprint density at radius 3 is 2.32 bits per heavy atom. The smallest absolute Gasteiger partial charge is 0.337 e. The second kappa shape index (κ2) is 7.45. The predicted molar refractivity (Wildman–Crippen MR) is 84.6 cm³/mol. The number of carboxylic acid groups (broad SMARTS) is 1. The molecule has 118 valence electrons. The fourth-order valence-corrected chi connectivity index (χ4v) is 1.73. The summed E-state index contributed by atoms with van der Waals surface area (Å²) in [5.74, 6) is 0.166. The van der Waals surface area contributed by atoms with Gasteiger partial charge in [-0.15, -0.1) is 0 Å². The average molecular weight is 303 g/mol. The number of ether oxygens (including phenoxy) is 1. The van der Waals surface area contributed by atoms with Crippen molar-refractivity contribution in [1.29, 1.82) is 0 Å². The summed E-state index contributed by atoms with van der Waals surface area (Å²) >= 11 is 0. The number of hydrogen-bond donors (Lipinski definition) is 2. The number of pyridine rings is 1. The Kier molecular flexibility index (Phi) is 5.92. The van der Waals surface area contributed by atoms with E-state index >= 15 is 0 Å². The molecular formula is C17H21NO4. The van der Waals surface area contributed by atoms with Crippen LogP contribution in [0.25, 0.3) is 0 Å². The van der Waals surface area contributed by atoms with Crippen LogP contribution in [-0.4, -0.2) is 28.3 Å². The fraction of sp³-hybridized carbons (Fsp3) is 0.294. The summed E-state index contributed by atoms with van der Waals surface area (Å²) in [6.45, 7) is 6.17. The standard InChI is InChI=1S/C11H16O2.C6H5NO2/c1-11(2,3)9-7-8(13-4)5-6-10(9)12;8-6(9)5-2-1-3-7-4-5/h5-7,12H,1-4H3;1-4H,(H,8,9). The number of hydrogen-bond acceptors (Lipinski definition) is 4. The largest absolute Gasteiger partial charge is 0.508 e. The number of benzene rings is 1. The number of aromatic hydroxyl groups is 1. The number of aromatic nitrogens is 1. The van der Waals surface area contributed by atoms with Gasteiger partial charge in [-0.1, -0.05) is 20.8 Å². The van der Waals surface area contributed by atoms with Crippen LogP contribution in [-0.2, 0) is 5.41 Å². The minimum atomic E-state index is -0.942. The highest BCUT2D eigenvalue weighted by molar-refractivity contribution is 5.86. The fourth-order valence-electron chi connectivity index (χ4n) is 1.73. The number of phenolic OH excluding ortho intramolecular Hbond substituents is 1. The first-order valence-electron chi connectivity index (χ1n) is 6.76. The molecule has 0 amide bonds. The summed E-state index contributed by atoms with van der Waals surface area (Å²) in [4.78, 5) is 13.8. The molecule has 1 aromatic carbocycles. The van der Waals surface area contributed by atoms with Gasteiger partial charge in [-0.25, -0.2) is 4.79 Å². The van der Waals surface area contributed by atoms with Gasteiger partial charge < -0.3 is 14.9 Å². The predicted octanol–water partition coefficient (Wildman–Crippen LogP) is 3.48. The van der Waals surface area contributed by atoms with Gasteiger partial charge in [-0.2, -0.15) is 0 Å². The number of phenols is 1. The van der Waals surface area contributed by atoms with Crippen molar-refractivity contribution in [3.63, 3.8) is 0 Å². The highest BCUT2D eigenvalue weighted by Gasteiger charge is 2.18. The highest BCUT2D eigenvalue weighted by Crippen LogP contribution is 2.33. The van der Waals surface area contributed by atoms with Gasteiger partial charge in [-0.05, 0) is 35.7 Å². The molecule has 2 N–H and O–H groups in total. The summed E-state index contributed by atoms with van der Waals surface area (Å²) < 4.78 is 5.09. The SMILES string of the molecule is COc1ccc(O)c(C(C)(C)C)c1.O=C(O)c1cccnc1. The molecule has 22 heavy (non-hydrogen) atoms. The second-order valence-corrected chi connectivity index (χ2v) is 5.68. The maximum absolute atomic E-state index is 10.2. The molecule has 5 nitrogen and oxygen atoms in total. The zero-order chi connectivity index (χ0) is 16.8. The van der Waals surface area contributed by atoms with Crippen molar-refractivity contribution in [1.82, 2.24) is 4.98 Å². The molecule has 1 heterocycles. The van der Waals surface area contributed by atoms with E-state index in [4.69, 9.17) is 9.84 Å². The van der Waals surface area contributed by atoms with E-state index in [9.17, 15) is 9.90 Å². The van der Waals surface area contributed by atoms with Gasteiger partial charge in [0.25, 0.3) is 0 Å². The molecule has 0 bridgehead atoms. The molecule has 1 aromatic heterocycles. The molecule has 0 fully saturated rings. The summed E-state index contributed by atoms with van der Waals surface area (Å²) in [5.41, 5.74) is 1.07. The van der Waals surface area contributed by atoms with Crippen LogP contribution in [0.15, 0.2) is 42.7 Å². The van der Waals surface area contributed by atoms with Gasteiger partial charge in [0.2, 0.25) is 0 Å². The monoisotopic (exact) mass is 303 g/mol. The summed E-state index contributed by atoms with van der Waals surface area (Å²) in [6.07, 6.45) is 2.84. The third-order valence-electron chi connectivity index (χ3n) is 2.92. The van der Waals surface area contributed by atoms with Crippen LogP contribution in [0.3, 0.4) is 0 Å². The van der Waals surface area contributed by atoms with Gasteiger partial charge >= 0.3 is 5.97 Å². The van der Waals surface area contributed by atoms with Crippen molar-refractivity contribution < 1.29 is 19.7 Å². The number of carbonyl (C=O) groups is 1. The number of aromatic carboxylic acids is 1. The topological polar surface area (TPSA) is 79.7 Å². The molecule has 0 aliphatic rings. The summed E-state index contributed by atoms with van der Waals surface area (Å²) in [7, 11) is 1.62. The maximum atomic E-state index is 10.2. The Morgan fingerprint density at radius 2 is 1.91 bits per heavy atom. The molecule has 0 aliphatic heterocycles. The number of carboxylic acids is 1. The first-order valence-corrected chi connectivity index (χ1v) is 6.76. The average Bonchev–Trinajstić information content (AvgIpc) is 2.48. The van der Waals surface area contributed by atoms with E-state index in [0.717, 1.165) is 11.3 Å². The minimum Gasteiger partial charge on any atom is -0.508 e. The molecule has 0 saturated heterocycles. The van der Waals surface area contributed by atoms with Crippen molar-refractivity contribution >= 4 is 5.97 Å². The molecule has 0 spiro atoms. The molecule has 0 radical (unpaired) electrons. The van der Waals surface area contributed by atoms with E-state index in [1.165, 1.54) is 18.5 Å². The van der Waals surface area contributed by atoms with Crippen molar-refractivity contribution in [2.75, 3.05) is 7.11 Å². The van der Waals surface area contributed by atoms with Crippen molar-refractivity contribution in [3.8, 4) is 11.5 Å². The van der Waals surface area contributed by atoms with Crippen LogP contribution in [0.1, 0.15) is 36.7 Å². The van der Waals surface area contributed by atoms with Gasteiger partial charge in [0.15, 0.2) is 0 Å². The lowest BCUT2D eigenvalue weighted by Gasteiger charge is -2.20. The van der Waals surface area contributed by atoms with E-state index in [1.807, 2.05) is 6.07 Å². The van der Waals surface area contributed by atoms with Crippen molar-refractivity contribution in [2.24, 2.45) is 0 Å². The van der Waals surface area contributed by atoms with E-state index in [-0.39, 0.29) is 11.0 Å². The van der Waals surface area contributed by atoms with E-state index in [2.05, 4.69) is 25.8 Å². The number of nitrogens with zero attached hydrogens (tertiary/aromatic N) is 1. The van der Waals surface area contributed by atoms with Crippen LogP contribution in [0.2, 0.25) is 0 Å². The number of methoxy groups -OCH3 is 1. The van der Waals surface area contributed by atoms with Crippen LogP contribution >= 0.6 is 0 Å². The van der Waals surface area contributed by atoms with Crippen molar-refractivity contribution in [3.05, 3.63) is 53.9 Å². The normalized spacial score (nSPS) is 10.4. The summed E-state index contributed by atoms with van der Waals surface area (Å²) in [6, 6.07) is 8.37. The first-order chi connectivity index (χ1) is 10.3. The minimum absolute atomic E-state index is 0.0569. The van der Waals surface area contributed by atoms with Crippen LogP contribution < -0.4 is 4.74 Å². The molecule has 0 atom stereocenters. The molecule has 5 heteroatoms. The van der Waals surface area contributed by atoms with Gasteiger partial charge in [0.1, 0.15) is 11.5 Å². The molecule has 2 rings (SSSR count). The Morgan fingerprint density at radius 1 is 1.23 bits per heavy atom. The Hall–Kier alpha value is -2.56. The summed E-state index contributed by atoms with van der Waals surface area (Å²) in [5, 5.41) is 18.0. The van der Waals surface area contributed by atoms with Crippen molar-refractivity contribution in [2.45, 2.75) is 26.2 Å². The van der Waals surface area contributed by atoms with Gasteiger partial charge in [0, 0.05) is 18.0 Å². The van der Waals surface area contributed by atoms with Crippen LogP contribution in [0.5, 0.6) is 11.5 Å². The van der Waals surface area contributed by atoms with Gasteiger partial charge in [-0.3, -0.25) is 4.98 Å². The third kappa shape index (κ3) is 5.09. The maximum Gasteiger partial charge on any atom is 0.337 e. The molecule has 2 aromatic rings. The quantitative estimate of drug-likeness (QED) is 0.888. The Labute approximate surface area is 130 Å². The Bertz CT molecular complexity index is 618. The number of rotatable bonds is 2. The molecular weight excluding hydrogens is 282 g/mol. The van der Waals surface area contributed by atoms with E-state index in [1.54, 1.807) is 25.3 Å². The molecule has 0 saturated carbocycles. The van der Waals surface area contributed by atoms with E-state index < -0.39 is 5.97 Å². The van der Waals surface area contributed by atoms with Crippen LogP contribution in [0.4, 0.5) is 0 Å². The Balaban J connectivity index is 0.000000235. The third-order valence-corrected chi connectivity index (χ3v) is 2.92. The zero-order valence-electron chi connectivity index (χ0n) is 13.2. The molecule has 0 unspecified atom stereocenters. The lowest BCUT2D eigenvalue weighted by atomic mass is 9.86. The molecule has 0 aliphatic carbocycles. The van der Waals surface area contributed by atoms with Crippen LogP contribution in [0, 0.1) is 0 Å². The van der Waals surface area contributed by atoms with E-state index in [0.29, 0.717) is 5.75 Å². The second-order valence-electron chi connectivity index (χ2n) is 5.68. The lowest BCUT2D eigenvalue weighted by molar-refractivity contribution is 0.0696. The highest BCUT2D eigenvalue weighted by atomic mass is 16.5. The van der Waals surface area contributed by atoms with Gasteiger partial charge in [0.05, 0.1) is 12.7 Å².